The van der Waals surface area contributed by atoms with Gasteiger partial charge in [-0.15, -0.1) is 0 Å². The van der Waals surface area contributed by atoms with Crippen molar-refractivity contribution in [3.8, 4) is 17.2 Å². The highest BCUT2D eigenvalue weighted by Crippen LogP contribution is 2.29. The van der Waals surface area contributed by atoms with E-state index in [4.69, 9.17) is 37.4 Å². The van der Waals surface area contributed by atoms with Crippen LogP contribution in [0.25, 0.3) is 0 Å². The smallest absolute Gasteiger partial charge is 0.258 e. The third kappa shape index (κ3) is 5.44. The van der Waals surface area contributed by atoms with Gasteiger partial charge in [-0.1, -0.05) is 23.2 Å². The van der Waals surface area contributed by atoms with Gasteiger partial charge in [0.2, 0.25) is 0 Å². The summed E-state index contributed by atoms with van der Waals surface area (Å²) in [6, 6.07) is 9.90. The summed E-state index contributed by atoms with van der Waals surface area (Å²) in [5, 5.41) is 3.74. The Morgan fingerprint density at radius 3 is 2.32 bits per heavy atom. The van der Waals surface area contributed by atoms with Gasteiger partial charge in [0.05, 0.1) is 20.3 Å². The summed E-state index contributed by atoms with van der Waals surface area (Å²) in [7, 11) is 3.16. The third-order valence-corrected chi connectivity index (χ3v) is 3.92. The van der Waals surface area contributed by atoms with Gasteiger partial charge >= 0.3 is 0 Å². The van der Waals surface area contributed by atoms with Crippen LogP contribution >= 0.6 is 23.2 Å². The fourth-order valence-corrected chi connectivity index (χ4v) is 2.81. The molecule has 0 spiro atoms. The monoisotopic (exact) mass is 383 g/mol. The lowest BCUT2D eigenvalue weighted by molar-refractivity contribution is -0.123. The highest BCUT2D eigenvalue weighted by molar-refractivity contribution is 6.34. The molecule has 1 amide bonds. The van der Waals surface area contributed by atoms with Gasteiger partial charge in [-0.05, 0) is 43.3 Å². The SMILES string of the molecule is COc1ccc(OC)c([C@@H](C)NC(=O)COc2cc(Cl)cc(Cl)c2)c1. The second kappa shape index (κ2) is 8.83. The van der Waals surface area contributed by atoms with Crippen LogP contribution in [0.5, 0.6) is 17.2 Å². The van der Waals surface area contributed by atoms with Crippen molar-refractivity contribution in [1.82, 2.24) is 5.32 Å². The number of benzene rings is 2. The summed E-state index contributed by atoms with van der Waals surface area (Å²) in [5.74, 6) is 1.49. The van der Waals surface area contributed by atoms with E-state index in [2.05, 4.69) is 5.32 Å². The topological polar surface area (TPSA) is 56.8 Å². The molecule has 5 nitrogen and oxygen atoms in total. The van der Waals surface area contributed by atoms with Crippen molar-refractivity contribution in [2.75, 3.05) is 20.8 Å². The third-order valence-electron chi connectivity index (χ3n) is 3.49. The first-order chi connectivity index (χ1) is 11.9. The molecular formula is C18H19Cl2NO4. The minimum Gasteiger partial charge on any atom is -0.497 e. The van der Waals surface area contributed by atoms with E-state index in [1.165, 1.54) is 0 Å². The first-order valence-corrected chi connectivity index (χ1v) is 8.28. The maximum Gasteiger partial charge on any atom is 0.258 e. The van der Waals surface area contributed by atoms with E-state index in [1.807, 2.05) is 13.0 Å². The average Bonchev–Trinajstić information content (AvgIpc) is 2.58. The zero-order chi connectivity index (χ0) is 18.4. The van der Waals surface area contributed by atoms with E-state index in [0.717, 1.165) is 5.56 Å². The van der Waals surface area contributed by atoms with Gasteiger partial charge in [0.15, 0.2) is 6.61 Å². The van der Waals surface area contributed by atoms with Crippen LogP contribution in [0.1, 0.15) is 18.5 Å². The van der Waals surface area contributed by atoms with Crippen LogP contribution in [-0.2, 0) is 4.79 Å². The van der Waals surface area contributed by atoms with Crippen molar-refractivity contribution >= 4 is 29.1 Å². The number of carbonyl (C=O) groups excluding carboxylic acids is 1. The number of hydrogen-bond acceptors (Lipinski definition) is 4. The molecule has 2 aromatic carbocycles. The Morgan fingerprint density at radius 1 is 1.04 bits per heavy atom. The number of methoxy groups -OCH3 is 2. The van der Waals surface area contributed by atoms with Crippen molar-refractivity contribution < 1.29 is 19.0 Å². The average molecular weight is 384 g/mol. The lowest BCUT2D eigenvalue weighted by atomic mass is 10.1. The quantitative estimate of drug-likeness (QED) is 0.775. The predicted octanol–water partition coefficient (Wildman–Crippen LogP) is 4.27. The van der Waals surface area contributed by atoms with E-state index in [-0.39, 0.29) is 18.6 Å². The lowest BCUT2D eigenvalue weighted by Crippen LogP contribution is -2.31. The second-order valence-corrected chi connectivity index (χ2v) is 6.16. The van der Waals surface area contributed by atoms with Gasteiger partial charge in [0, 0.05) is 15.6 Å². The first-order valence-electron chi connectivity index (χ1n) is 7.53. The number of nitrogens with one attached hydrogen (secondary N) is 1. The Morgan fingerprint density at radius 2 is 1.72 bits per heavy atom. The summed E-state index contributed by atoms with van der Waals surface area (Å²) in [4.78, 5) is 12.1. The molecule has 0 heterocycles. The molecule has 134 valence electrons. The first kappa shape index (κ1) is 19.2. The maximum atomic E-state index is 12.1. The van der Waals surface area contributed by atoms with Crippen LogP contribution < -0.4 is 19.5 Å². The molecule has 0 aliphatic rings. The molecule has 0 aliphatic heterocycles. The van der Waals surface area contributed by atoms with E-state index >= 15 is 0 Å². The Kier molecular flexibility index (Phi) is 6.79. The molecule has 0 unspecified atom stereocenters. The van der Waals surface area contributed by atoms with Gasteiger partial charge in [-0.25, -0.2) is 0 Å². The number of halogens is 2. The van der Waals surface area contributed by atoms with E-state index in [0.29, 0.717) is 27.3 Å². The molecule has 0 aliphatic carbocycles. The number of hydrogen-bond donors (Lipinski definition) is 1. The second-order valence-electron chi connectivity index (χ2n) is 5.29. The molecule has 0 radical (unpaired) electrons. The Hall–Kier alpha value is -2.11. The van der Waals surface area contributed by atoms with Gasteiger partial charge in [-0.2, -0.15) is 0 Å². The Balaban J connectivity index is 2.00. The fourth-order valence-electron chi connectivity index (χ4n) is 2.30. The predicted molar refractivity (Wildman–Crippen MR) is 98.1 cm³/mol. The molecule has 25 heavy (non-hydrogen) atoms. The Bertz CT molecular complexity index is 732. The molecule has 1 N–H and O–H groups in total. The molecule has 2 aromatic rings. The minimum atomic E-state index is -0.288. The van der Waals surface area contributed by atoms with Crippen LogP contribution in [0.4, 0.5) is 0 Å². The number of ether oxygens (including phenoxy) is 3. The van der Waals surface area contributed by atoms with Crippen molar-refractivity contribution in [2.24, 2.45) is 0 Å². The molecule has 0 fully saturated rings. The fraction of sp³-hybridized carbons (Fsp3) is 0.278. The highest BCUT2D eigenvalue weighted by atomic mass is 35.5. The lowest BCUT2D eigenvalue weighted by Gasteiger charge is -2.18. The van der Waals surface area contributed by atoms with Gasteiger partial charge in [0.1, 0.15) is 17.2 Å². The van der Waals surface area contributed by atoms with Crippen molar-refractivity contribution in [3.05, 3.63) is 52.0 Å². The summed E-state index contributed by atoms with van der Waals surface area (Å²) < 4.78 is 16.0. The summed E-state index contributed by atoms with van der Waals surface area (Å²) >= 11 is 11.8. The van der Waals surface area contributed by atoms with Crippen LogP contribution in [0, 0.1) is 0 Å². The van der Waals surface area contributed by atoms with Gasteiger partial charge in [0.25, 0.3) is 5.91 Å². The summed E-state index contributed by atoms with van der Waals surface area (Å²) in [6.07, 6.45) is 0. The largest absolute Gasteiger partial charge is 0.497 e. The van der Waals surface area contributed by atoms with Crippen LogP contribution in [0.15, 0.2) is 36.4 Å². The zero-order valence-electron chi connectivity index (χ0n) is 14.1. The van der Waals surface area contributed by atoms with E-state index < -0.39 is 0 Å². The van der Waals surface area contributed by atoms with Gasteiger partial charge in [-0.3, -0.25) is 4.79 Å². The van der Waals surface area contributed by atoms with E-state index in [1.54, 1.807) is 44.6 Å². The van der Waals surface area contributed by atoms with Gasteiger partial charge < -0.3 is 19.5 Å². The van der Waals surface area contributed by atoms with Crippen molar-refractivity contribution in [1.29, 1.82) is 0 Å². The van der Waals surface area contributed by atoms with Crippen LogP contribution in [0.3, 0.4) is 0 Å². The molecule has 0 aromatic heterocycles. The summed E-state index contributed by atoms with van der Waals surface area (Å²) in [6.45, 7) is 1.69. The molecule has 0 bridgehead atoms. The maximum absolute atomic E-state index is 12.1. The summed E-state index contributed by atoms with van der Waals surface area (Å²) in [5.41, 5.74) is 0.806. The molecule has 1 atom stereocenters. The normalized spacial score (nSPS) is 11.6. The standard InChI is InChI=1S/C18H19Cl2NO4/c1-11(16-9-14(23-2)4-5-17(16)24-3)21-18(22)10-25-15-7-12(19)6-13(20)8-15/h4-9,11H,10H2,1-3H3,(H,21,22)/t11-/m1/s1. The number of carbonyl (C=O) groups is 1. The molecule has 0 saturated heterocycles. The van der Waals surface area contributed by atoms with Crippen molar-refractivity contribution in [2.45, 2.75) is 13.0 Å². The minimum absolute atomic E-state index is 0.159. The molecule has 7 heteroatoms. The highest BCUT2D eigenvalue weighted by Gasteiger charge is 2.15. The van der Waals surface area contributed by atoms with Crippen LogP contribution in [-0.4, -0.2) is 26.7 Å². The van der Waals surface area contributed by atoms with E-state index in [9.17, 15) is 4.79 Å². The Labute approximate surface area is 156 Å². The van der Waals surface area contributed by atoms with Crippen LogP contribution in [0.2, 0.25) is 10.0 Å². The molecular weight excluding hydrogens is 365 g/mol. The molecule has 0 saturated carbocycles. The zero-order valence-corrected chi connectivity index (χ0v) is 15.6. The number of rotatable bonds is 7. The molecule has 2 rings (SSSR count). The number of amides is 1. The van der Waals surface area contributed by atoms with Crippen molar-refractivity contribution in [3.63, 3.8) is 0 Å².